The Kier molecular flexibility index (Phi) is 5.94. The molecule has 1 atom stereocenters. The molecule has 1 fully saturated rings. The van der Waals surface area contributed by atoms with Crippen molar-refractivity contribution in [3.8, 4) is 0 Å². The molecular formula is C21H26N4O3. The Morgan fingerprint density at radius 1 is 1.11 bits per heavy atom. The number of amides is 1. The number of rotatable bonds is 5. The predicted octanol–water partition coefficient (Wildman–Crippen LogP) is 3.36. The van der Waals surface area contributed by atoms with E-state index in [4.69, 9.17) is 0 Å². The van der Waals surface area contributed by atoms with E-state index in [1.54, 1.807) is 12.1 Å². The van der Waals surface area contributed by atoms with Crippen LogP contribution in [0.2, 0.25) is 0 Å². The summed E-state index contributed by atoms with van der Waals surface area (Å²) in [4.78, 5) is 27.7. The van der Waals surface area contributed by atoms with Crippen LogP contribution in [0.25, 0.3) is 0 Å². The van der Waals surface area contributed by atoms with Crippen molar-refractivity contribution in [2.75, 3.05) is 36.4 Å². The first kappa shape index (κ1) is 19.8. The summed E-state index contributed by atoms with van der Waals surface area (Å²) >= 11 is 0. The molecule has 1 aliphatic heterocycles. The number of hydrogen-bond donors (Lipinski definition) is 1. The van der Waals surface area contributed by atoms with Gasteiger partial charge < -0.3 is 10.2 Å². The van der Waals surface area contributed by atoms with Crippen LogP contribution < -0.4 is 10.2 Å². The van der Waals surface area contributed by atoms with E-state index in [2.05, 4.69) is 10.2 Å². The van der Waals surface area contributed by atoms with Gasteiger partial charge in [-0.05, 0) is 38.5 Å². The quantitative estimate of drug-likeness (QED) is 0.634. The van der Waals surface area contributed by atoms with E-state index in [0.717, 1.165) is 16.8 Å². The van der Waals surface area contributed by atoms with E-state index >= 15 is 0 Å². The number of aryl methyl sites for hydroxylation is 2. The van der Waals surface area contributed by atoms with Crippen LogP contribution in [0.1, 0.15) is 18.1 Å². The van der Waals surface area contributed by atoms with Crippen molar-refractivity contribution < 1.29 is 9.72 Å². The molecule has 0 saturated carbocycles. The van der Waals surface area contributed by atoms with Crippen LogP contribution in [0, 0.1) is 24.0 Å². The molecule has 7 nitrogen and oxygen atoms in total. The number of benzene rings is 2. The molecule has 7 heteroatoms. The van der Waals surface area contributed by atoms with Gasteiger partial charge in [-0.15, -0.1) is 0 Å². The molecule has 3 rings (SSSR count). The lowest BCUT2D eigenvalue weighted by atomic mass is 10.1. The molecule has 0 aliphatic carbocycles. The van der Waals surface area contributed by atoms with Crippen LogP contribution in [0.5, 0.6) is 0 Å². The average Bonchev–Trinajstić information content (AvgIpc) is 2.69. The first-order chi connectivity index (χ1) is 13.4. The van der Waals surface area contributed by atoms with Gasteiger partial charge in [0.25, 0.3) is 5.69 Å². The Morgan fingerprint density at radius 2 is 1.79 bits per heavy atom. The van der Waals surface area contributed by atoms with E-state index in [0.29, 0.717) is 31.9 Å². The fraction of sp³-hybridized carbons (Fsp3) is 0.381. The van der Waals surface area contributed by atoms with Gasteiger partial charge in [0.2, 0.25) is 5.91 Å². The highest BCUT2D eigenvalue weighted by atomic mass is 16.6. The molecule has 1 amide bonds. The number of hydrogen-bond acceptors (Lipinski definition) is 5. The molecule has 0 spiro atoms. The van der Waals surface area contributed by atoms with Gasteiger partial charge in [0.15, 0.2) is 0 Å². The van der Waals surface area contributed by atoms with Crippen molar-refractivity contribution in [2.24, 2.45) is 0 Å². The maximum absolute atomic E-state index is 12.7. The lowest BCUT2D eigenvalue weighted by Crippen LogP contribution is -2.53. The number of nitrogens with one attached hydrogen (secondary N) is 1. The maximum atomic E-state index is 12.7. The molecule has 2 aromatic carbocycles. The Hall–Kier alpha value is -2.93. The first-order valence-corrected chi connectivity index (χ1v) is 9.47. The number of nitrogens with zero attached hydrogens (tertiary/aromatic N) is 3. The lowest BCUT2D eigenvalue weighted by Gasteiger charge is -2.38. The zero-order chi connectivity index (χ0) is 20.3. The van der Waals surface area contributed by atoms with Crippen LogP contribution >= 0.6 is 0 Å². The molecule has 0 aromatic heterocycles. The van der Waals surface area contributed by atoms with Crippen LogP contribution in [-0.2, 0) is 4.79 Å². The summed E-state index contributed by atoms with van der Waals surface area (Å²) in [5, 5.41) is 14.3. The van der Waals surface area contributed by atoms with Crippen molar-refractivity contribution in [2.45, 2.75) is 26.8 Å². The van der Waals surface area contributed by atoms with E-state index < -0.39 is 0 Å². The summed E-state index contributed by atoms with van der Waals surface area (Å²) < 4.78 is 0. The van der Waals surface area contributed by atoms with Crippen molar-refractivity contribution in [1.29, 1.82) is 0 Å². The van der Waals surface area contributed by atoms with Gasteiger partial charge in [0.05, 0.1) is 11.0 Å². The molecule has 1 unspecified atom stereocenters. The van der Waals surface area contributed by atoms with Gasteiger partial charge in [0.1, 0.15) is 5.69 Å². The first-order valence-electron chi connectivity index (χ1n) is 9.47. The van der Waals surface area contributed by atoms with Crippen molar-refractivity contribution in [3.63, 3.8) is 0 Å². The van der Waals surface area contributed by atoms with Gasteiger partial charge >= 0.3 is 0 Å². The summed E-state index contributed by atoms with van der Waals surface area (Å²) in [7, 11) is 0. The topological polar surface area (TPSA) is 78.7 Å². The Bertz CT molecular complexity index is 876. The minimum absolute atomic E-state index is 0.0360. The highest BCUT2D eigenvalue weighted by Crippen LogP contribution is 2.28. The van der Waals surface area contributed by atoms with Gasteiger partial charge in [-0.2, -0.15) is 0 Å². The third-order valence-corrected chi connectivity index (χ3v) is 5.30. The zero-order valence-corrected chi connectivity index (χ0v) is 16.5. The smallest absolute Gasteiger partial charge is 0.292 e. The SMILES string of the molecule is Cc1ccc(NC(=O)C(C)N2CCN(c3ccccc3[N+](=O)[O-])CC2)c(C)c1. The van der Waals surface area contributed by atoms with Crippen LogP contribution in [0.15, 0.2) is 42.5 Å². The van der Waals surface area contributed by atoms with Crippen molar-refractivity contribution in [3.05, 3.63) is 63.7 Å². The third-order valence-electron chi connectivity index (χ3n) is 5.30. The Labute approximate surface area is 165 Å². The molecule has 2 aromatic rings. The second-order valence-corrected chi connectivity index (χ2v) is 7.25. The molecule has 1 saturated heterocycles. The largest absolute Gasteiger partial charge is 0.363 e. The molecule has 1 heterocycles. The minimum Gasteiger partial charge on any atom is -0.363 e. The van der Waals surface area contributed by atoms with Gasteiger partial charge in [-0.25, -0.2) is 0 Å². The number of anilines is 2. The number of para-hydroxylation sites is 2. The summed E-state index contributed by atoms with van der Waals surface area (Å²) in [5.41, 5.74) is 3.80. The van der Waals surface area contributed by atoms with Crippen molar-refractivity contribution in [1.82, 2.24) is 4.90 Å². The van der Waals surface area contributed by atoms with Gasteiger partial charge in [-0.3, -0.25) is 19.8 Å². The van der Waals surface area contributed by atoms with E-state index in [9.17, 15) is 14.9 Å². The van der Waals surface area contributed by atoms with Crippen LogP contribution in [0.3, 0.4) is 0 Å². The van der Waals surface area contributed by atoms with Crippen LogP contribution in [-0.4, -0.2) is 48.0 Å². The summed E-state index contributed by atoms with van der Waals surface area (Å²) in [5.74, 6) is -0.0360. The van der Waals surface area contributed by atoms with Crippen molar-refractivity contribution >= 4 is 23.0 Å². The molecule has 0 radical (unpaired) electrons. The number of piperazine rings is 1. The van der Waals surface area contributed by atoms with E-state index in [1.807, 2.05) is 49.9 Å². The molecule has 1 aliphatic rings. The zero-order valence-electron chi connectivity index (χ0n) is 16.5. The molecule has 28 heavy (non-hydrogen) atoms. The molecule has 0 bridgehead atoms. The lowest BCUT2D eigenvalue weighted by molar-refractivity contribution is -0.384. The number of nitro benzene ring substituents is 1. The van der Waals surface area contributed by atoms with E-state index in [1.165, 1.54) is 6.07 Å². The van der Waals surface area contributed by atoms with Gasteiger partial charge in [0, 0.05) is 37.9 Å². The summed E-state index contributed by atoms with van der Waals surface area (Å²) in [6.07, 6.45) is 0. The highest BCUT2D eigenvalue weighted by molar-refractivity contribution is 5.95. The standard InChI is InChI=1S/C21H26N4O3/c1-15-8-9-18(16(2)14-15)22-21(26)17(3)23-10-12-24(13-11-23)19-6-4-5-7-20(19)25(27)28/h4-9,14,17H,10-13H2,1-3H3,(H,22,26). The number of carbonyl (C=O) groups is 1. The number of carbonyl (C=O) groups excluding carboxylic acids is 1. The summed E-state index contributed by atoms with van der Waals surface area (Å²) in [6.45, 7) is 8.55. The molecule has 148 valence electrons. The second-order valence-electron chi connectivity index (χ2n) is 7.25. The van der Waals surface area contributed by atoms with Gasteiger partial charge in [-0.1, -0.05) is 29.8 Å². The van der Waals surface area contributed by atoms with E-state index in [-0.39, 0.29) is 22.6 Å². The minimum atomic E-state index is -0.346. The summed E-state index contributed by atoms with van der Waals surface area (Å²) in [6, 6.07) is 12.5. The monoisotopic (exact) mass is 382 g/mol. The van der Waals surface area contributed by atoms with Crippen LogP contribution in [0.4, 0.5) is 17.1 Å². The normalized spacial score (nSPS) is 15.9. The predicted molar refractivity (Wildman–Crippen MR) is 111 cm³/mol. The molecular weight excluding hydrogens is 356 g/mol. The highest BCUT2D eigenvalue weighted by Gasteiger charge is 2.28. The Balaban J connectivity index is 1.61. The number of nitro groups is 1. The average molecular weight is 382 g/mol. The fourth-order valence-corrected chi connectivity index (χ4v) is 3.59. The Morgan fingerprint density at radius 3 is 2.43 bits per heavy atom. The maximum Gasteiger partial charge on any atom is 0.292 e. The second kappa shape index (κ2) is 8.39. The third kappa shape index (κ3) is 4.31. The fourth-order valence-electron chi connectivity index (χ4n) is 3.59. The molecule has 1 N–H and O–H groups in total.